The van der Waals surface area contributed by atoms with Crippen molar-refractivity contribution in [2.75, 3.05) is 33.3 Å². The molecule has 3 aromatic heterocycles. The fraction of sp³-hybridized carbons (Fsp3) is 0.314. The molecular weight excluding hydrogens is 650 g/mol. The average molecular weight is 687 g/mol. The van der Waals surface area contributed by atoms with Crippen LogP contribution in [0.3, 0.4) is 0 Å². The van der Waals surface area contributed by atoms with Crippen LogP contribution < -0.4 is 23.8 Å². The molecule has 0 unspecified atom stereocenters. The molecule has 238 valence electrons. The number of carbonyl (C=O) groups excluding carboxylic acids is 1. The minimum atomic E-state index is -0.141. The number of ketones is 1. The summed E-state index contributed by atoms with van der Waals surface area (Å²) >= 11 is 3.67. The SMILES string of the molecule is COc1ccc(CN(Cc2ccc(OC)cc2OC)c2cc(C(=O)Cc3cn4cc(C5CC5)cc(Br)c4n3)nc(C)n2)c(OC)c1. The van der Waals surface area contributed by atoms with Gasteiger partial charge in [0, 0.05) is 54.8 Å². The van der Waals surface area contributed by atoms with Crippen molar-refractivity contribution >= 4 is 33.2 Å². The zero-order valence-electron chi connectivity index (χ0n) is 26.5. The van der Waals surface area contributed by atoms with E-state index in [9.17, 15) is 4.79 Å². The van der Waals surface area contributed by atoms with E-state index in [4.69, 9.17) is 28.9 Å². The highest BCUT2D eigenvalue weighted by Gasteiger charge is 2.25. The van der Waals surface area contributed by atoms with Crippen LogP contribution in [0.4, 0.5) is 5.82 Å². The first-order valence-electron chi connectivity index (χ1n) is 15.0. The molecule has 0 amide bonds. The standard InChI is InChI=1S/C35H36BrN5O5/c1-21-37-30(31(42)13-26-20-41-19-25(22-6-7-22)12-29(36)35(41)39-26)16-34(38-21)40(17-23-8-10-27(43-2)14-32(23)45-4)18-24-9-11-28(44-3)15-33(24)46-5/h8-12,14-16,19-20,22H,6-7,13,17-18H2,1-5H3. The van der Waals surface area contributed by atoms with Crippen LogP contribution in [0, 0.1) is 6.92 Å². The molecule has 0 N–H and O–H groups in total. The molecule has 1 aliphatic carbocycles. The summed E-state index contributed by atoms with van der Waals surface area (Å²) in [4.78, 5) is 29.9. The van der Waals surface area contributed by atoms with Crippen LogP contribution in [-0.4, -0.2) is 53.6 Å². The van der Waals surface area contributed by atoms with E-state index in [2.05, 4.69) is 38.1 Å². The van der Waals surface area contributed by atoms with E-state index in [0.717, 1.165) is 21.2 Å². The van der Waals surface area contributed by atoms with E-state index in [1.807, 2.05) is 47.0 Å². The highest BCUT2D eigenvalue weighted by atomic mass is 79.9. The average Bonchev–Trinajstić information content (AvgIpc) is 3.84. The lowest BCUT2D eigenvalue weighted by atomic mass is 10.1. The van der Waals surface area contributed by atoms with Gasteiger partial charge in [0.2, 0.25) is 0 Å². The lowest BCUT2D eigenvalue weighted by Gasteiger charge is -2.26. The highest BCUT2D eigenvalue weighted by Crippen LogP contribution is 2.41. The monoisotopic (exact) mass is 685 g/mol. The summed E-state index contributed by atoms with van der Waals surface area (Å²) in [6.07, 6.45) is 6.57. The number of nitrogens with zero attached hydrogens (tertiary/aromatic N) is 5. The minimum absolute atomic E-state index is 0.112. The van der Waals surface area contributed by atoms with E-state index in [1.54, 1.807) is 41.4 Å². The number of hydrogen-bond donors (Lipinski definition) is 0. The number of imidazole rings is 1. The Morgan fingerprint density at radius 1 is 0.848 bits per heavy atom. The molecule has 0 radical (unpaired) electrons. The molecule has 5 aromatic rings. The zero-order chi connectivity index (χ0) is 32.4. The normalized spacial score (nSPS) is 12.7. The van der Waals surface area contributed by atoms with Crippen molar-refractivity contribution in [2.45, 2.75) is 45.2 Å². The maximum Gasteiger partial charge on any atom is 0.187 e. The third kappa shape index (κ3) is 6.79. The number of hydrogen-bond acceptors (Lipinski definition) is 9. The molecule has 6 rings (SSSR count). The summed E-state index contributed by atoms with van der Waals surface area (Å²) in [5, 5.41) is 0. The van der Waals surface area contributed by atoms with Gasteiger partial charge in [-0.2, -0.15) is 0 Å². The molecule has 0 saturated heterocycles. The summed E-state index contributed by atoms with van der Waals surface area (Å²) < 4.78 is 25.2. The predicted molar refractivity (Wildman–Crippen MR) is 179 cm³/mol. The van der Waals surface area contributed by atoms with Gasteiger partial charge >= 0.3 is 0 Å². The molecule has 0 atom stereocenters. The van der Waals surface area contributed by atoms with Gasteiger partial charge in [0.1, 0.15) is 40.3 Å². The molecule has 1 saturated carbocycles. The Labute approximate surface area is 276 Å². The minimum Gasteiger partial charge on any atom is -0.497 e. The maximum absolute atomic E-state index is 13.7. The fourth-order valence-electron chi connectivity index (χ4n) is 5.56. The quantitative estimate of drug-likeness (QED) is 0.125. The molecule has 11 heteroatoms. The Kier molecular flexibility index (Phi) is 9.12. The number of halogens is 1. The second-order valence-electron chi connectivity index (χ2n) is 11.3. The molecule has 10 nitrogen and oxygen atoms in total. The number of ether oxygens (including phenoxy) is 4. The van der Waals surface area contributed by atoms with E-state index in [0.29, 0.717) is 65.0 Å². The first kappa shape index (κ1) is 31.3. The number of aromatic nitrogens is 4. The Morgan fingerprint density at radius 3 is 2.04 bits per heavy atom. The molecular formula is C35H36BrN5O5. The molecule has 46 heavy (non-hydrogen) atoms. The van der Waals surface area contributed by atoms with Crippen LogP contribution in [0.25, 0.3) is 5.65 Å². The van der Waals surface area contributed by atoms with Crippen LogP contribution in [0.5, 0.6) is 23.0 Å². The molecule has 1 fully saturated rings. The number of anilines is 1. The van der Waals surface area contributed by atoms with Gasteiger partial charge in [-0.3, -0.25) is 4.79 Å². The predicted octanol–water partition coefficient (Wildman–Crippen LogP) is 6.74. The van der Waals surface area contributed by atoms with E-state index >= 15 is 0 Å². The number of pyridine rings is 1. The van der Waals surface area contributed by atoms with Crippen LogP contribution in [0.15, 0.2) is 65.4 Å². The first-order valence-corrected chi connectivity index (χ1v) is 15.8. The van der Waals surface area contributed by atoms with Crippen molar-refractivity contribution < 1.29 is 23.7 Å². The Balaban J connectivity index is 1.33. The topological polar surface area (TPSA) is 100 Å². The highest BCUT2D eigenvalue weighted by molar-refractivity contribution is 9.10. The summed E-state index contributed by atoms with van der Waals surface area (Å²) in [5.74, 6) is 4.29. The Hall–Kier alpha value is -4.64. The van der Waals surface area contributed by atoms with Crippen LogP contribution >= 0.6 is 15.9 Å². The molecule has 3 heterocycles. The van der Waals surface area contributed by atoms with Crippen molar-refractivity contribution in [3.05, 3.63) is 99.3 Å². The van der Waals surface area contributed by atoms with Gasteiger partial charge in [0.05, 0.1) is 45.0 Å². The summed E-state index contributed by atoms with van der Waals surface area (Å²) in [6, 6.07) is 15.3. The van der Waals surface area contributed by atoms with Crippen molar-refractivity contribution in [2.24, 2.45) is 0 Å². The fourth-order valence-corrected chi connectivity index (χ4v) is 6.12. The second kappa shape index (κ2) is 13.4. The molecule has 0 bridgehead atoms. The lowest BCUT2D eigenvalue weighted by Crippen LogP contribution is -2.25. The van der Waals surface area contributed by atoms with Crippen molar-refractivity contribution in [3.63, 3.8) is 0 Å². The number of fused-ring (bicyclic) bond motifs is 1. The van der Waals surface area contributed by atoms with E-state index < -0.39 is 0 Å². The third-order valence-electron chi connectivity index (χ3n) is 8.11. The van der Waals surface area contributed by atoms with Crippen LogP contribution in [0.2, 0.25) is 0 Å². The zero-order valence-corrected chi connectivity index (χ0v) is 28.1. The summed E-state index contributed by atoms with van der Waals surface area (Å²) in [6.45, 7) is 2.65. The van der Waals surface area contributed by atoms with Gasteiger partial charge < -0.3 is 28.2 Å². The maximum atomic E-state index is 13.7. The summed E-state index contributed by atoms with van der Waals surface area (Å²) in [7, 11) is 6.50. The lowest BCUT2D eigenvalue weighted by molar-refractivity contribution is 0.0987. The summed E-state index contributed by atoms with van der Waals surface area (Å²) in [5.41, 5.74) is 4.92. The van der Waals surface area contributed by atoms with Gasteiger partial charge in [-0.05, 0) is 77.5 Å². The van der Waals surface area contributed by atoms with E-state index in [1.165, 1.54) is 18.4 Å². The van der Waals surface area contributed by atoms with Gasteiger partial charge in [0.15, 0.2) is 11.4 Å². The number of rotatable bonds is 13. The van der Waals surface area contributed by atoms with Gasteiger partial charge in [-0.25, -0.2) is 15.0 Å². The van der Waals surface area contributed by atoms with Gasteiger partial charge in [0.25, 0.3) is 0 Å². The van der Waals surface area contributed by atoms with E-state index in [-0.39, 0.29) is 12.2 Å². The number of aryl methyl sites for hydroxylation is 1. The Morgan fingerprint density at radius 2 is 1.48 bits per heavy atom. The van der Waals surface area contributed by atoms with Crippen LogP contribution in [-0.2, 0) is 19.5 Å². The largest absolute Gasteiger partial charge is 0.497 e. The number of benzene rings is 2. The van der Waals surface area contributed by atoms with Gasteiger partial charge in [-0.15, -0.1) is 0 Å². The number of methoxy groups -OCH3 is 4. The molecule has 0 aliphatic heterocycles. The van der Waals surface area contributed by atoms with Crippen LogP contribution in [0.1, 0.15) is 57.5 Å². The van der Waals surface area contributed by atoms with Crippen molar-refractivity contribution in [1.29, 1.82) is 0 Å². The molecule has 2 aromatic carbocycles. The molecule has 0 spiro atoms. The second-order valence-corrected chi connectivity index (χ2v) is 12.2. The van der Waals surface area contributed by atoms with Crippen molar-refractivity contribution in [1.82, 2.24) is 19.4 Å². The number of Topliss-reactive ketones (excluding diaryl/α,β-unsaturated/α-hetero) is 1. The number of carbonyl (C=O) groups is 1. The third-order valence-corrected chi connectivity index (χ3v) is 8.70. The first-order chi connectivity index (χ1) is 22.3. The molecule has 1 aliphatic rings. The Bertz CT molecular complexity index is 1850. The smallest absolute Gasteiger partial charge is 0.187 e. The van der Waals surface area contributed by atoms with Gasteiger partial charge in [-0.1, -0.05) is 0 Å². The van der Waals surface area contributed by atoms with Crippen molar-refractivity contribution in [3.8, 4) is 23.0 Å².